The molecule has 0 radical (unpaired) electrons. The maximum absolute atomic E-state index is 6.56. The summed E-state index contributed by atoms with van der Waals surface area (Å²) in [6.45, 7) is 11.7. The molecule has 1 fully saturated rings. The van der Waals surface area contributed by atoms with Gasteiger partial charge in [0, 0.05) is 28.4 Å². The fourth-order valence-electron chi connectivity index (χ4n) is 2.70. The van der Waals surface area contributed by atoms with Crippen LogP contribution in [0.1, 0.15) is 58.1 Å². The molecule has 0 aromatic carbocycles. The van der Waals surface area contributed by atoms with Gasteiger partial charge in [0.25, 0.3) is 0 Å². The van der Waals surface area contributed by atoms with Crippen molar-refractivity contribution in [2.24, 2.45) is 0 Å². The van der Waals surface area contributed by atoms with Gasteiger partial charge >= 0.3 is 0 Å². The van der Waals surface area contributed by atoms with Crippen molar-refractivity contribution >= 4 is 24.2 Å². The lowest BCUT2D eigenvalue weighted by Crippen LogP contribution is -2.44. The maximum Gasteiger partial charge on any atom is 0.192 e. The summed E-state index contributed by atoms with van der Waals surface area (Å²) in [7, 11) is -1.62. The summed E-state index contributed by atoms with van der Waals surface area (Å²) >= 11 is 3.45. The van der Waals surface area contributed by atoms with Crippen molar-refractivity contribution in [1.82, 2.24) is 4.98 Å². The molecule has 118 valence electrons. The van der Waals surface area contributed by atoms with E-state index in [0.29, 0.717) is 17.1 Å². The van der Waals surface area contributed by atoms with Gasteiger partial charge in [0.15, 0.2) is 8.32 Å². The highest BCUT2D eigenvalue weighted by Gasteiger charge is 2.39. The molecule has 0 aliphatic heterocycles. The first-order chi connectivity index (χ1) is 9.69. The van der Waals surface area contributed by atoms with Gasteiger partial charge in [-0.05, 0) is 71.9 Å². The zero-order valence-corrected chi connectivity index (χ0v) is 16.5. The Morgan fingerprint density at radius 3 is 2.24 bits per heavy atom. The van der Waals surface area contributed by atoms with Gasteiger partial charge in [0.1, 0.15) is 0 Å². The highest BCUT2D eigenvalue weighted by molar-refractivity contribution is 9.10. The van der Waals surface area contributed by atoms with Gasteiger partial charge in [-0.15, -0.1) is 0 Å². The van der Waals surface area contributed by atoms with E-state index >= 15 is 0 Å². The lowest BCUT2D eigenvalue weighted by atomic mass is 9.85. The van der Waals surface area contributed by atoms with Gasteiger partial charge in [-0.25, -0.2) is 0 Å². The van der Waals surface area contributed by atoms with Crippen molar-refractivity contribution in [1.29, 1.82) is 0 Å². The van der Waals surface area contributed by atoms with Crippen molar-refractivity contribution in [3.63, 3.8) is 0 Å². The second-order valence-electron chi connectivity index (χ2n) is 7.75. The second kappa shape index (κ2) is 6.51. The lowest BCUT2D eigenvalue weighted by molar-refractivity contribution is 0.129. The smallest absolute Gasteiger partial charge is 0.192 e. The standard InChI is InChI=1S/C17H28BrNOSi/c1-17(2,3)21(4,5)20-15-9-6-13(7-10-15)16-11-8-14(18)12-19-16/h8,11-13,15H,6-7,9-10H2,1-5H3/t13-,15-. The molecule has 1 aromatic rings. The molecule has 0 bridgehead atoms. The molecule has 1 saturated carbocycles. The Hall–Kier alpha value is -0.193. The van der Waals surface area contributed by atoms with Gasteiger partial charge in [-0.3, -0.25) is 4.98 Å². The molecular formula is C17H28BrNOSi. The molecule has 0 saturated heterocycles. The van der Waals surface area contributed by atoms with Crippen LogP contribution in [0.2, 0.25) is 18.1 Å². The molecular weight excluding hydrogens is 342 g/mol. The third-order valence-corrected chi connectivity index (χ3v) is 10.1. The summed E-state index contributed by atoms with van der Waals surface area (Å²) in [5.41, 5.74) is 1.24. The summed E-state index contributed by atoms with van der Waals surface area (Å²) in [5.74, 6) is 0.609. The van der Waals surface area contributed by atoms with Crippen LogP contribution in [-0.4, -0.2) is 19.4 Å². The van der Waals surface area contributed by atoms with Crippen LogP contribution in [-0.2, 0) is 4.43 Å². The third-order valence-electron chi connectivity index (χ3n) is 5.11. The largest absolute Gasteiger partial charge is 0.414 e. The number of hydrogen-bond acceptors (Lipinski definition) is 2. The SMILES string of the molecule is CC(C)(C)[Si](C)(C)O[C@H]1CC[C@H](c2ccc(Br)cn2)CC1. The third kappa shape index (κ3) is 4.39. The van der Waals surface area contributed by atoms with E-state index in [1.165, 1.54) is 31.4 Å². The Morgan fingerprint density at radius 2 is 1.76 bits per heavy atom. The van der Waals surface area contributed by atoms with Crippen LogP contribution in [0.25, 0.3) is 0 Å². The highest BCUT2D eigenvalue weighted by atomic mass is 79.9. The van der Waals surface area contributed by atoms with Crippen LogP contribution >= 0.6 is 15.9 Å². The molecule has 0 atom stereocenters. The predicted octanol–water partition coefficient (Wildman–Crippen LogP) is 5.89. The van der Waals surface area contributed by atoms with Crippen LogP contribution in [0.3, 0.4) is 0 Å². The minimum atomic E-state index is -1.62. The van der Waals surface area contributed by atoms with Crippen LogP contribution in [0, 0.1) is 0 Å². The number of nitrogens with zero attached hydrogens (tertiary/aromatic N) is 1. The van der Waals surface area contributed by atoms with E-state index in [4.69, 9.17) is 4.43 Å². The van der Waals surface area contributed by atoms with Crippen molar-refractivity contribution in [2.75, 3.05) is 0 Å². The molecule has 0 spiro atoms. The summed E-state index contributed by atoms with van der Waals surface area (Å²) in [4.78, 5) is 4.56. The van der Waals surface area contributed by atoms with E-state index in [2.05, 4.69) is 66.9 Å². The van der Waals surface area contributed by atoms with Crippen molar-refractivity contribution in [2.45, 2.75) is 76.6 Å². The fraction of sp³-hybridized carbons (Fsp3) is 0.706. The molecule has 21 heavy (non-hydrogen) atoms. The van der Waals surface area contributed by atoms with E-state index < -0.39 is 8.32 Å². The molecule has 2 rings (SSSR count). The van der Waals surface area contributed by atoms with Gasteiger partial charge in [-0.2, -0.15) is 0 Å². The van der Waals surface area contributed by atoms with E-state index in [1.54, 1.807) is 0 Å². The topological polar surface area (TPSA) is 22.1 Å². The van der Waals surface area contributed by atoms with Crippen LogP contribution < -0.4 is 0 Å². The molecule has 1 aromatic heterocycles. The van der Waals surface area contributed by atoms with E-state index in [0.717, 1.165) is 4.47 Å². The van der Waals surface area contributed by atoms with Gasteiger partial charge in [0.2, 0.25) is 0 Å². The molecule has 1 aliphatic carbocycles. The molecule has 1 aliphatic rings. The summed E-state index contributed by atoms with van der Waals surface area (Å²) < 4.78 is 7.61. The Morgan fingerprint density at radius 1 is 1.14 bits per heavy atom. The summed E-state index contributed by atoms with van der Waals surface area (Å²) in [5, 5.41) is 0.303. The first kappa shape index (κ1) is 17.2. The Labute approximate surface area is 139 Å². The average Bonchev–Trinajstić information content (AvgIpc) is 2.39. The summed E-state index contributed by atoms with van der Waals surface area (Å²) in [6, 6.07) is 4.25. The quantitative estimate of drug-likeness (QED) is 0.619. The second-order valence-corrected chi connectivity index (χ2v) is 13.4. The number of hydrogen-bond donors (Lipinski definition) is 0. The van der Waals surface area contributed by atoms with E-state index in [-0.39, 0.29) is 0 Å². The summed E-state index contributed by atoms with van der Waals surface area (Å²) in [6.07, 6.45) is 7.12. The van der Waals surface area contributed by atoms with Gasteiger partial charge in [0.05, 0.1) is 0 Å². The molecule has 0 unspecified atom stereocenters. The zero-order valence-electron chi connectivity index (χ0n) is 13.9. The minimum Gasteiger partial charge on any atom is -0.414 e. The zero-order chi connectivity index (χ0) is 15.7. The van der Waals surface area contributed by atoms with E-state index in [9.17, 15) is 0 Å². The number of aromatic nitrogens is 1. The van der Waals surface area contributed by atoms with Crippen LogP contribution in [0.5, 0.6) is 0 Å². The van der Waals surface area contributed by atoms with E-state index in [1.807, 2.05) is 6.20 Å². The normalized spacial score (nSPS) is 24.1. The first-order valence-corrected chi connectivity index (χ1v) is 11.7. The number of rotatable bonds is 3. The predicted molar refractivity (Wildman–Crippen MR) is 95.2 cm³/mol. The van der Waals surface area contributed by atoms with Crippen LogP contribution in [0.4, 0.5) is 0 Å². The minimum absolute atomic E-state index is 0.303. The first-order valence-electron chi connectivity index (χ1n) is 7.98. The van der Waals surface area contributed by atoms with Gasteiger partial charge in [-0.1, -0.05) is 20.8 Å². The molecule has 0 amide bonds. The fourth-order valence-corrected chi connectivity index (χ4v) is 4.36. The Balaban J connectivity index is 1.90. The van der Waals surface area contributed by atoms with Crippen molar-refractivity contribution < 1.29 is 4.43 Å². The lowest BCUT2D eigenvalue weighted by Gasteiger charge is -2.41. The Kier molecular flexibility index (Phi) is 5.32. The molecule has 1 heterocycles. The average molecular weight is 370 g/mol. The molecule has 0 N–H and O–H groups in total. The van der Waals surface area contributed by atoms with Crippen LogP contribution in [0.15, 0.2) is 22.8 Å². The molecule has 4 heteroatoms. The Bertz CT molecular complexity index is 459. The number of halogens is 1. The highest BCUT2D eigenvalue weighted by Crippen LogP contribution is 2.40. The van der Waals surface area contributed by atoms with Gasteiger partial charge < -0.3 is 4.43 Å². The maximum atomic E-state index is 6.56. The van der Waals surface area contributed by atoms with Crippen molar-refractivity contribution in [3.8, 4) is 0 Å². The molecule has 2 nitrogen and oxygen atoms in total. The monoisotopic (exact) mass is 369 g/mol. The van der Waals surface area contributed by atoms with Crippen molar-refractivity contribution in [3.05, 3.63) is 28.5 Å². The number of pyridine rings is 1.